The summed E-state index contributed by atoms with van der Waals surface area (Å²) in [6.45, 7) is 2.03. The van der Waals surface area contributed by atoms with Crippen molar-refractivity contribution in [2.24, 2.45) is 0 Å². The van der Waals surface area contributed by atoms with E-state index in [2.05, 4.69) is 0 Å². The minimum absolute atomic E-state index is 0.144. The van der Waals surface area contributed by atoms with E-state index in [1.165, 1.54) is 0 Å². The molecule has 0 aromatic heterocycles. The largest absolute Gasteiger partial charge is 0.395 e. The third kappa shape index (κ3) is 6.54. The first-order valence-electron chi connectivity index (χ1n) is 4.18. The van der Waals surface area contributed by atoms with E-state index in [9.17, 15) is 5.11 Å². The number of aliphatic hydroxyl groups is 2. The maximum atomic E-state index is 9.45. The fraction of sp³-hybridized carbons (Fsp3) is 1.00. The summed E-state index contributed by atoms with van der Waals surface area (Å²) < 4.78 is 0. The Bertz CT molecular complexity index is 109. The van der Waals surface area contributed by atoms with Crippen molar-refractivity contribution in [1.82, 2.24) is 9.80 Å². The average Bonchev–Trinajstić information content (AvgIpc) is 1.84. The maximum absolute atomic E-state index is 9.45. The van der Waals surface area contributed by atoms with Crippen molar-refractivity contribution in [3.05, 3.63) is 0 Å². The zero-order chi connectivity index (χ0) is 9.56. The van der Waals surface area contributed by atoms with Crippen LogP contribution >= 0.6 is 0 Å². The molecule has 0 rings (SSSR count). The molecule has 0 saturated carbocycles. The molecule has 0 aliphatic rings. The number of likely N-dealkylation sites (N-methyl/N-ethyl adjacent to an activating group) is 2. The van der Waals surface area contributed by atoms with Crippen molar-refractivity contribution in [3.8, 4) is 0 Å². The second kappa shape index (κ2) is 6.37. The van der Waals surface area contributed by atoms with Crippen LogP contribution in [0.15, 0.2) is 0 Å². The normalized spacial score (nSPS) is 14.2. The summed E-state index contributed by atoms with van der Waals surface area (Å²) in [5.74, 6) is 0. The van der Waals surface area contributed by atoms with Crippen molar-refractivity contribution in [3.63, 3.8) is 0 Å². The number of nitrogens with zero attached hydrogens (tertiary/aromatic N) is 2. The van der Waals surface area contributed by atoms with Gasteiger partial charge in [0.15, 0.2) is 0 Å². The van der Waals surface area contributed by atoms with E-state index in [0.29, 0.717) is 19.6 Å². The van der Waals surface area contributed by atoms with E-state index < -0.39 is 0 Å². The third-order valence-electron chi connectivity index (χ3n) is 1.58. The van der Waals surface area contributed by atoms with Crippen LogP contribution in [0.5, 0.6) is 0 Å². The van der Waals surface area contributed by atoms with E-state index in [1.54, 1.807) is 0 Å². The predicted octanol–water partition coefficient (Wildman–Crippen LogP) is -1.17. The lowest BCUT2D eigenvalue weighted by atomic mass is 10.3. The topological polar surface area (TPSA) is 46.9 Å². The van der Waals surface area contributed by atoms with Gasteiger partial charge in [0.05, 0.1) is 12.7 Å². The summed E-state index contributed by atoms with van der Waals surface area (Å²) in [5.41, 5.74) is 0. The van der Waals surface area contributed by atoms with Gasteiger partial charge in [0.2, 0.25) is 0 Å². The first-order valence-corrected chi connectivity index (χ1v) is 4.18. The van der Waals surface area contributed by atoms with Crippen LogP contribution in [0, 0.1) is 0 Å². The van der Waals surface area contributed by atoms with Crippen LogP contribution in [0.1, 0.15) is 0 Å². The lowest BCUT2D eigenvalue weighted by Crippen LogP contribution is -2.37. The molecule has 0 radical (unpaired) electrons. The third-order valence-corrected chi connectivity index (χ3v) is 1.58. The van der Waals surface area contributed by atoms with Gasteiger partial charge in [-0.05, 0) is 21.1 Å². The predicted molar refractivity (Wildman–Crippen MR) is 49.1 cm³/mol. The fourth-order valence-corrected chi connectivity index (χ4v) is 1.10. The molecule has 0 aromatic rings. The van der Waals surface area contributed by atoms with E-state index in [-0.39, 0.29) is 12.7 Å². The van der Waals surface area contributed by atoms with Crippen LogP contribution in [0.3, 0.4) is 0 Å². The second-order valence-corrected chi connectivity index (χ2v) is 3.40. The Morgan fingerprint density at radius 2 is 1.75 bits per heavy atom. The molecule has 0 amide bonds. The number of hydrogen-bond acceptors (Lipinski definition) is 4. The molecule has 0 bridgehead atoms. The van der Waals surface area contributed by atoms with Gasteiger partial charge in [-0.3, -0.25) is 0 Å². The first kappa shape index (κ1) is 11.8. The van der Waals surface area contributed by atoms with Crippen LogP contribution < -0.4 is 0 Å². The molecule has 4 heteroatoms. The molecule has 2 N–H and O–H groups in total. The Hall–Kier alpha value is -0.160. The van der Waals surface area contributed by atoms with Gasteiger partial charge >= 0.3 is 0 Å². The second-order valence-electron chi connectivity index (χ2n) is 3.40. The average molecular weight is 176 g/mol. The molecular formula is C8H20N2O2. The Morgan fingerprint density at radius 1 is 1.17 bits per heavy atom. The van der Waals surface area contributed by atoms with Crippen molar-refractivity contribution in [1.29, 1.82) is 0 Å². The Balaban J connectivity index is 3.46. The summed E-state index contributed by atoms with van der Waals surface area (Å²) in [6.07, 6.45) is -0.337. The Morgan fingerprint density at radius 3 is 2.17 bits per heavy atom. The zero-order valence-electron chi connectivity index (χ0n) is 8.19. The monoisotopic (exact) mass is 176 g/mol. The quantitative estimate of drug-likeness (QED) is 0.535. The molecule has 1 atom stereocenters. The number of aliphatic hydroxyl groups excluding tert-OH is 2. The molecule has 0 saturated heterocycles. The molecule has 0 aliphatic heterocycles. The molecule has 12 heavy (non-hydrogen) atoms. The fourth-order valence-electron chi connectivity index (χ4n) is 1.10. The van der Waals surface area contributed by atoms with E-state index >= 15 is 0 Å². The van der Waals surface area contributed by atoms with Crippen LogP contribution in [0.2, 0.25) is 0 Å². The Labute approximate surface area is 74.4 Å². The summed E-state index contributed by atoms with van der Waals surface area (Å²) >= 11 is 0. The summed E-state index contributed by atoms with van der Waals surface area (Å²) in [7, 11) is 5.74. The Kier molecular flexibility index (Phi) is 6.28. The van der Waals surface area contributed by atoms with Gasteiger partial charge in [0.1, 0.15) is 0 Å². The molecule has 4 nitrogen and oxygen atoms in total. The van der Waals surface area contributed by atoms with Crippen LogP contribution in [-0.2, 0) is 0 Å². The highest BCUT2D eigenvalue weighted by Crippen LogP contribution is 1.90. The van der Waals surface area contributed by atoms with E-state index in [0.717, 1.165) is 0 Å². The van der Waals surface area contributed by atoms with Gasteiger partial charge in [0.25, 0.3) is 0 Å². The molecule has 0 fully saturated rings. The standard InChI is InChI=1S/C8H20N2O2/c1-9(2)6-8(12)7-10(3)4-5-11/h8,11-12H,4-7H2,1-3H3. The van der Waals surface area contributed by atoms with Gasteiger partial charge in [-0.1, -0.05) is 0 Å². The van der Waals surface area contributed by atoms with Crippen LogP contribution in [0.4, 0.5) is 0 Å². The molecule has 1 unspecified atom stereocenters. The highest BCUT2D eigenvalue weighted by Gasteiger charge is 2.07. The van der Waals surface area contributed by atoms with E-state index in [1.807, 2.05) is 30.9 Å². The molecular weight excluding hydrogens is 156 g/mol. The van der Waals surface area contributed by atoms with Crippen LogP contribution in [-0.4, -0.2) is 73.5 Å². The van der Waals surface area contributed by atoms with Crippen molar-refractivity contribution in [2.75, 3.05) is 47.4 Å². The maximum Gasteiger partial charge on any atom is 0.0793 e. The van der Waals surface area contributed by atoms with Gasteiger partial charge in [-0.2, -0.15) is 0 Å². The van der Waals surface area contributed by atoms with E-state index in [4.69, 9.17) is 5.11 Å². The summed E-state index contributed by atoms with van der Waals surface area (Å²) in [5, 5.41) is 18.0. The number of hydrogen-bond donors (Lipinski definition) is 2. The van der Waals surface area contributed by atoms with Gasteiger partial charge in [-0.25, -0.2) is 0 Å². The minimum atomic E-state index is -0.337. The van der Waals surface area contributed by atoms with Gasteiger partial charge in [-0.15, -0.1) is 0 Å². The number of rotatable bonds is 6. The highest BCUT2D eigenvalue weighted by molar-refractivity contribution is 4.63. The van der Waals surface area contributed by atoms with Crippen molar-refractivity contribution in [2.45, 2.75) is 6.10 Å². The minimum Gasteiger partial charge on any atom is -0.395 e. The molecule has 0 spiro atoms. The lowest BCUT2D eigenvalue weighted by molar-refractivity contribution is 0.0913. The molecule has 0 heterocycles. The lowest BCUT2D eigenvalue weighted by Gasteiger charge is -2.21. The zero-order valence-corrected chi connectivity index (χ0v) is 8.19. The summed E-state index contributed by atoms with van der Waals surface area (Å²) in [4.78, 5) is 3.85. The molecule has 74 valence electrons. The molecule has 0 aliphatic carbocycles. The summed E-state index contributed by atoms with van der Waals surface area (Å²) in [6, 6.07) is 0. The first-order chi connectivity index (χ1) is 5.56. The molecule has 0 aromatic carbocycles. The SMILES string of the molecule is CN(C)CC(O)CN(C)CCO. The van der Waals surface area contributed by atoms with Crippen LogP contribution in [0.25, 0.3) is 0 Å². The van der Waals surface area contributed by atoms with Crippen molar-refractivity contribution >= 4 is 0 Å². The smallest absolute Gasteiger partial charge is 0.0793 e. The highest BCUT2D eigenvalue weighted by atomic mass is 16.3. The van der Waals surface area contributed by atoms with Crippen molar-refractivity contribution < 1.29 is 10.2 Å². The van der Waals surface area contributed by atoms with Gasteiger partial charge in [0, 0.05) is 19.6 Å². The van der Waals surface area contributed by atoms with Gasteiger partial charge < -0.3 is 20.0 Å².